The molecule has 0 aliphatic carbocycles. The molecule has 0 aromatic carbocycles. The zero-order valence-corrected chi connectivity index (χ0v) is 8.97. The summed E-state index contributed by atoms with van der Waals surface area (Å²) in [5, 5.41) is 11.5. The summed E-state index contributed by atoms with van der Waals surface area (Å²) in [5.74, 6) is 0.875. The number of aryl methyl sites for hydroxylation is 2. The molecule has 2 heterocycles. The summed E-state index contributed by atoms with van der Waals surface area (Å²) >= 11 is 1.74. The summed E-state index contributed by atoms with van der Waals surface area (Å²) in [7, 11) is 0. The molecule has 0 bridgehead atoms. The number of rotatable bonds is 3. The minimum atomic E-state index is -0.885. The van der Waals surface area contributed by atoms with Gasteiger partial charge in [-0.2, -0.15) is 11.8 Å². The molecule has 6 heteroatoms. The number of thioether (sulfide) groups is 1. The molecule has 15 heavy (non-hydrogen) atoms. The summed E-state index contributed by atoms with van der Waals surface area (Å²) in [5.41, 5.74) is 1.74. The van der Waals surface area contributed by atoms with Crippen molar-refractivity contribution in [1.29, 1.82) is 0 Å². The number of carbonyl (C=O) groups is 1. The van der Waals surface area contributed by atoms with Gasteiger partial charge in [0.2, 0.25) is 0 Å². The van der Waals surface area contributed by atoms with Crippen molar-refractivity contribution in [2.75, 3.05) is 5.75 Å². The van der Waals surface area contributed by atoms with Crippen molar-refractivity contribution in [1.82, 2.24) is 9.78 Å². The fourth-order valence-electron chi connectivity index (χ4n) is 1.64. The van der Waals surface area contributed by atoms with Crippen LogP contribution in [0.4, 0.5) is 0 Å². The summed E-state index contributed by atoms with van der Waals surface area (Å²) < 4.78 is 1.41. The number of carboxylic acid groups (broad SMARTS) is 1. The molecular weight excluding hydrogens is 216 g/mol. The Kier molecular flexibility index (Phi) is 2.86. The maximum atomic E-state index is 11.8. The average molecular weight is 228 g/mol. The van der Waals surface area contributed by atoms with E-state index in [-0.39, 0.29) is 18.5 Å². The largest absolute Gasteiger partial charge is 0.481 e. The maximum absolute atomic E-state index is 11.8. The fourth-order valence-corrected chi connectivity index (χ4v) is 2.64. The van der Waals surface area contributed by atoms with Gasteiger partial charge in [0.15, 0.2) is 0 Å². The molecule has 5 nitrogen and oxygen atoms in total. The van der Waals surface area contributed by atoms with E-state index in [0.717, 1.165) is 29.2 Å². The van der Waals surface area contributed by atoms with Gasteiger partial charge < -0.3 is 5.11 Å². The van der Waals surface area contributed by atoms with Gasteiger partial charge in [0, 0.05) is 17.0 Å². The van der Waals surface area contributed by atoms with E-state index in [1.807, 2.05) is 0 Å². The Morgan fingerprint density at radius 3 is 3.07 bits per heavy atom. The molecule has 0 atom stereocenters. The molecule has 0 saturated carbocycles. The lowest BCUT2D eigenvalue weighted by Crippen LogP contribution is -2.20. The van der Waals surface area contributed by atoms with Crippen molar-refractivity contribution in [3.8, 4) is 0 Å². The average Bonchev–Trinajstić information content (AvgIpc) is 2.54. The fraction of sp³-hybridized carbons (Fsp3) is 0.556. The molecule has 2 N–H and O–H groups in total. The molecule has 1 aliphatic rings. The number of aromatic amines is 1. The van der Waals surface area contributed by atoms with E-state index in [1.165, 1.54) is 4.68 Å². The van der Waals surface area contributed by atoms with Crippen LogP contribution in [0.5, 0.6) is 0 Å². The van der Waals surface area contributed by atoms with Crippen LogP contribution < -0.4 is 5.56 Å². The third-order valence-corrected chi connectivity index (χ3v) is 3.42. The molecule has 1 aromatic rings. The van der Waals surface area contributed by atoms with Gasteiger partial charge in [-0.05, 0) is 12.2 Å². The number of H-pyrrole nitrogens is 1. The van der Waals surface area contributed by atoms with E-state index in [4.69, 9.17) is 5.11 Å². The number of aliphatic carboxylic acids is 1. The lowest BCUT2D eigenvalue weighted by Gasteiger charge is -2.07. The van der Waals surface area contributed by atoms with Crippen molar-refractivity contribution < 1.29 is 9.90 Å². The van der Waals surface area contributed by atoms with Gasteiger partial charge >= 0.3 is 5.97 Å². The third-order valence-electron chi connectivity index (χ3n) is 2.43. The molecule has 0 spiro atoms. The second-order valence-electron chi connectivity index (χ2n) is 3.47. The first-order chi connectivity index (χ1) is 7.18. The van der Waals surface area contributed by atoms with Crippen molar-refractivity contribution in [2.24, 2.45) is 0 Å². The van der Waals surface area contributed by atoms with Gasteiger partial charge in [0.05, 0.1) is 13.0 Å². The van der Waals surface area contributed by atoms with Gasteiger partial charge in [-0.25, -0.2) is 0 Å². The van der Waals surface area contributed by atoms with Crippen molar-refractivity contribution in [3.05, 3.63) is 21.6 Å². The zero-order chi connectivity index (χ0) is 10.8. The first-order valence-corrected chi connectivity index (χ1v) is 5.94. The minimum absolute atomic E-state index is 0.0214. The third kappa shape index (κ3) is 2.09. The Balaban J connectivity index is 2.22. The predicted molar refractivity (Wildman–Crippen MR) is 57.2 cm³/mol. The molecule has 2 rings (SSSR count). The lowest BCUT2D eigenvalue weighted by molar-refractivity contribution is -0.137. The Morgan fingerprint density at radius 2 is 2.40 bits per heavy atom. The van der Waals surface area contributed by atoms with Gasteiger partial charge in [-0.1, -0.05) is 0 Å². The van der Waals surface area contributed by atoms with E-state index in [9.17, 15) is 9.59 Å². The maximum Gasteiger partial charge on any atom is 0.305 e. The standard InChI is InChI=1S/C9H12N2O3S/c12-8(13)1-3-11-9(14)6-5-15-4-2-7(6)10-11/h10H,1-5H2,(H,12,13). The van der Waals surface area contributed by atoms with Crippen LogP contribution in [0.1, 0.15) is 17.7 Å². The van der Waals surface area contributed by atoms with Gasteiger partial charge in [-0.15, -0.1) is 0 Å². The van der Waals surface area contributed by atoms with Crippen LogP contribution in [-0.4, -0.2) is 26.6 Å². The molecular formula is C9H12N2O3S. The molecule has 1 aromatic heterocycles. The second-order valence-corrected chi connectivity index (χ2v) is 4.58. The SMILES string of the molecule is O=C(O)CCn1[nH]c2c(c1=O)CSCC2. The number of fused-ring (bicyclic) bond motifs is 1. The van der Waals surface area contributed by atoms with Crippen LogP contribution in [0, 0.1) is 0 Å². The monoisotopic (exact) mass is 228 g/mol. The number of aromatic nitrogens is 2. The quantitative estimate of drug-likeness (QED) is 0.787. The number of hydrogen-bond acceptors (Lipinski definition) is 3. The van der Waals surface area contributed by atoms with Crippen molar-refractivity contribution >= 4 is 17.7 Å². The molecule has 0 fully saturated rings. The normalized spacial score (nSPS) is 14.9. The highest BCUT2D eigenvalue weighted by atomic mass is 32.2. The smallest absolute Gasteiger partial charge is 0.305 e. The van der Waals surface area contributed by atoms with E-state index >= 15 is 0 Å². The van der Waals surface area contributed by atoms with E-state index in [1.54, 1.807) is 11.8 Å². The highest BCUT2D eigenvalue weighted by molar-refractivity contribution is 7.98. The second kappa shape index (κ2) is 4.14. The Labute approximate surface area is 90.5 Å². The topological polar surface area (TPSA) is 75.1 Å². The summed E-state index contributed by atoms with van der Waals surface area (Å²) in [6.07, 6.45) is 0.849. The predicted octanol–water partition coefficient (Wildman–Crippen LogP) is 0.440. The van der Waals surface area contributed by atoms with E-state index in [0.29, 0.717) is 0 Å². The van der Waals surface area contributed by atoms with E-state index in [2.05, 4.69) is 5.10 Å². The van der Waals surface area contributed by atoms with Crippen LogP contribution in [0.25, 0.3) is 0 Å². The summed E-state index contributed by atoms with van der Waals surface area (Å²) in [6, 6.07) is 0. The molecule has 0 unspecified atom stereocenters. The van der Waals surface area contributed by atoms with Crippen molar-refractivity contribution in [3.63, 3.8) is 0 Å². The highest BCUT2D eigenvalue weighted by Crippen LogP contribution is 2.20. The van der Waals surface area contributed by atoms with Crippen LogP contribution in [0.2, 0.25) is 0 Å². The van der Waals surface area contributed by atoms with Crippen LogP contribution in [-0.2, 0) is 23.5 Å². The molecule has 0 saturated heterocycles. The summed E-state index contributed by atoms with van der Waals surface area (Å²) in [4.78, 5) is 22.1. The van der Waals surface area contributed by atoms with Crippen molar-refractivity contribution in [2.45, 2.75) is 25.1 Å². The number of nitrogens with one attached hydrogen (secondary N) is 1. The van der Waals surface area contributed by atoms with Gasteiger partial charge in [0.25, 0.3) is 5.56 Å². The summed E-state index contributed by atoms with van der Waals surface area (Å²) in [6.45, 7) is 0.228. The van der Waals surface area contributed by atoms with Gasteiger partial charge in [0.1, 0.15) is 0 Å². The van der Waals surface area contributed by atoms with Gasteiger partial charge in [-0.3, -0.25) is 19.4 Å². The Bertz CT molecular complexity index is 435. The first-order valence-electron chi connectivity index (χ1n) is 4.78. The molecule has 0 amide bonds. The van der Waals surface area contributed by atoms with Crippen LogP contribution >= 0.6 is 11.8 Å². The number of nitrogens with zero attached hydrogens (tertiary/aromatic N) is 1. The number of hydrogen-bond donors (Lipinski definition) is 2. The Morgan fingerprint density at radius 1 is 1.60 bits per heavy atom. The minimum Gasteiger partial charge on any atom is -0.481 e. The van der Waals surface area contributed by atoms with Crippen LogP contribution in [0.3, 0.4) is 0 Å². The first kappa shape index (κ1) is 10.4. The zero-order valence-electron chi connectivity index (χ0n) is 8.15. The van der Waals surface area contributed by atoms with Crippen LogP contribution in [0.15, 0.2) is 4.79 Å². The molecule has 1 aliphatic heterocycles. The molecule has 0 radical (unpaired) electrons. The van der Waals surface area contributed by atoms with E-state index < -0.39 is 5.97 Å². The molecule has 82 valence electrons. The Hall–Kier alpha value is -1.17. The number of carboxylic acids is 1. The highest BCUT2D eigenvalue weighted by Gasteiger charge is 2.17. The lowest BCUT2D eigenvalue weighted by atomic mass is 10.2.